The van der Waals surface area contributed by atoms with E-state index in [-0.39, 0.29) is 17.2 Å². The Hall–Kier alpha value is -3.56. The molecule has 39 heavy (non-hydrogen) atoms. The number of rotatable bonds is 9. The average molecular weight is 531 g/mol. The number of nitrogens with one attached hydrogen (secondary N) is 1. The van der Waals surface area contributed by atoms with Gasteiger partial charge in [0.1, 0.15) is 11.8 Å². The van der Waals surface area contributed by atoms with Gasteiger partial charge < -0.3 is 14.5 Å². The van der Waals surface area contributed by atoms with E-state index in [2.05, 4.69) is 77.4 Å². The molecule has 0 amide bonds. The molecule has 2 aromatic heterocycles. The van der Waals surface area contributed by atoms with Gasteiger partial charge in [-0.2, -0.15) is 0 Å². The van der Waals surface area contributed by atoms with Gasteiger partial charge in [-0.3, -0.25) is 9.69 Å². The third-order valence-corrected chi connectivity index (χ3v) is 7.39. The van der Waals surface area contributed by atoms with Crippen molar-refractivity contribution < 1.29 is 9.47 Å². The topological polar surface area (TPSA) is 98.2 Å². The lowest BCUT2D eigenvalue weighted by atomic mass is 9.99. The monoisotopic (exact) mass is 530 g/mol. The quantitative estimate of drug-likeness (QED) is 0.337. The van der Waals surface area contributed by atoms with Crippen LogP contribution >= 0.6 is 0 Å². The van der Waals surface area contributed by atoms with Crippen molar-refractivity contribution in [3.8, 4) is 5.75 Å². The number of tetrazole rings is 1. The molecule has 0 radical (unpaired) electrons. The Balaban J connectivity index is 1.68. The highest BCUT2D eigenvalue weighted by Gasteiger charge is 2.35. The van der Waals surface area contributed by atoms with Crippen LogP contribution in [0.5, 0.6) is 5.75 Å². The van der Waals surface area contributed by atoms with E-state index in [9.17, 15) is 4.79 Å². The molecule has 206 valence electrons. The summed E-state index contributed by atoms with van der Waals surface area (Å²) in [6, 6.07) is 15.7. The minimum Gasteiger partial charge on any atom is -0.497 e. The molecule has 1 fully saturated rings. The molecule has 1 saturated heterocycles. The van der Waals surface area contributed by atoms with Crippen LogP contribution in [0.25, 0.3) is 10.9 Å². The van der Waals surface area contributed by atoms with Gasteiger partial charge in [0, 0.05) is 30.8 Å². The van der Waals surface area contributed by atoms with Crippen molar-refractivity contribution in [2.24, 2.45) is 0 Å². The Kier molecular flexibility index (Phi) is 7.81. The molecular formula is C30H38N6O3. The molecule has 0 saturated carbocycles. The summed E-state index contributed by atoms with van der Waals surface area (Å²) in [6.45, 7) is 10.3. The number of nitrogens with zero attached hydrogens (tertiary/aromatic N) is 5. The van der Waals surface area contributed by atoms with E-state index in [1.54, 1.807) is 7.11 Å². The molecule has 0 bridgehead atoms. The lowest BCUT2D eigenvalue weighted by Gasteiger charge is -2.34. The molecule has 1 aliphatic heterocycles. The summed E-state index contributed by atoms with van der Waals surface area (Å²) in [4.78, 5) is 19.2. The maximum Gasteiger partial charge on any atom is 0.253 e. The fourth-order valence-electron chi connectivity index (χ4n) is 5.31. The van der Waals surface area contributed by atoms with Crippen LogP contribution in [0.1, 0.15) is 69.1 Å². The summed E-state index contributed by atoms with van der Waals surface area (Å²) >= 11 is 0. The lowest BCUT2D eigenvalue weighted by Crippen LogP contribution is -2.40. The predicted molar refractivity (Wildman–Crippen MR) is 151 cm³/mol. The minimum atomic E-state index is -0.496. The van der Waals surface area contributed by atoms with E-state index in [4.69, 9.17) is 9.47 Å². The SMILES string of the molecule is CCc1ccc2[nH]c(=O)c(C(c3nnnn3C(C)(C)C)N(Cc3ccc(OC)cc3)CC3CCCO3)cc2c1. The number of hydrogen-bond acceptors (Lipinski definition) is 7. The first-order chi connectivity index (χ1) is 18.8. The highest BCUT2D eigenvalue weighted by Crippen LogP contribution is 2.32. The Morgan fingerprint density at radius 2 is 1.92 bits per heavy atom. The Bertz CT molecular complexity index is 1460. The van der Waals surface area contributed by atoms with Gasteiger partial charge in [0.25, 0.3) is 5.56 Å². The van der Waals surface area contributed by atoms with E-state index in [0.29, 0.717) is 24.5 Å². The van der Waals surface area contributed by atoms with Gasteiger partial charge in [-0.25, -0.2) is 4.68 Å². The van der Waals surface area contributed by atoms with Crippen LogP contribution in [-0.2, 0) is 23.2 Å². The summed E-state index contributed by atoms with van der Waals surface area (Å²) in [5, 5.41) is 14.0. The number of methoxy groups -OCH3 is 1. The summed E-state index contributed by atoms with van der Waals surface area (Å²) in [7, 11) is 1.66. The molecule has 3 heterocycles. The molecule has 9 heteroatoms. The normalized spacial score (nSPS) is 16.7. The molecule has 1 aliphatic rings. The van der Waals surface area contributed by atoms with Crippen LogP contribution in [-0.4, -0.2) is 56.5 Å². The molecule has 2 atom stereocenters. The van der Waals surface area contributed by atoms with Crippen molar-refractivity contribution in [1.82, 2.24) is 30.1 Å². The number of ether oxygens (including phenoxy) is 2. The zero-order valence-corrected chi connectivity index (χ0v) is 23.5. The second-order valence-electron chi connectivity index (χ2n) is 11.3. The van der Waals surface area contributed by atoms with Gasteiger partial charge in [0.05, 0.1) is 18.8 Å². The standard InChI is InChI=1S/C30H38N6O3/c1-6-20-11-14-26-22(16-20)17-25(29(37)31-26)27(28-32-33-34-36(28)30(2,3)4)35(19-24-8-7-15-39-24)18-21-9-12-23(38-5)13-10-21/h9-14,16-17,24,27H,6-8,15,18-19H2,1-5H3,(H,31,37). The van der Waals surface area contributed by atoms with Gasteiger partial charge >= 0.3 is 0 Å². The third kappa shape index (κ3) is 5.89. The predicted octanol–water partition coefficient (Wildman–Crippen LogP) is 4.61. The van der Waals surface area contributed by atoms with Gasteiger partial charge in [0.15, 0.2) is 5.82 Å². The van der Waals surface area contributed by atoms with Crippen molar-refractivity contribution in [1.29, 1.82) is 0 Å². The Morgan fingerprint density at radius 3 is 2.59 bits per heavy atom. The van der Waals surface area contributed by atoms with Gasteiger partial charge in [0.2, 0.25) is 0 Å². The van der Waals surface area contributed by atoms with Crippen molar-refractivity contribution in [3.63, 3.8) is 0 Å². The fraction of sp³-hybridized carbons (Fsp3) is 0.467. The maximum atomic E-state index is 13.8. The molecule has 0 spiro atoms. The number of aryl methyl sites for hydroxylation is 1. The summed E-state index contributed by atoms with van der Waals surface area (Å²) < 4.78 is 13.3. The van der Waals surface area contributed by atoms with Crippen LogP contribution in [0.3, 0.4) is 0 Å². The van der Waals surface area contributed by atoms with Crippen molar-refractivity contribution in [2.75, 3.05) is 20.3 Å². The van der Waals surface area contributed by atoms with E-state index >= 15 is 0 Å². The number of fused-ring (bicyclic) bond motifs is 1. The largest absolute Gasteiger partial charge is 0.497 e. The number of benzene rings is 2. The molecule has 5 rings (SSSR count). The van der Waals surface area contributed by atoms with E-state index in [1.807, 2.05) is 28.9 Å². The van der Waals surface area contributed by atoms with Gasteiger partial charge in [-0.1, -0.05) is 25.1 Å². The first-order valence-electron chi connectivity index (χ1n) is 13.7. The summed E-state index contributed by atoms with van der Waals surface area (Å²) in [6.07, 6.45) is 2.99. The first-order valence-corrected chi connectivity index (χ1v) is 13.7. The van der Waals surface area contributed by atoms with E-state index in [1.165, 1.54) is 5.56 Å². The zero-order chi connectivity index (χ0) is 27.6. The molecule has 1 N–H and O–H groups in total. The van der Waals surface area contributed by atoms with Crippen LogP contribution < -0.4 is 10.3 Å². The molecule has 9 nitrogen and oxygen atoms in total. The Morgan fingerprint density at radius 1 is 1.15 bits per heavy atom. The molecular weight excluding hydrogens is 492 g/mol. The van der Waals surface area contributed by atoms with E-state index < -0.39 is 6.04 Å². The van der Waals surface area contributed by atoms with Crippen LogP contribution in [0.15, 0.2) is 53.3 Å². The summed E-state index contributed by atoms with van der Waals surface area (Å²) in [5.74, 6) is 1.43. The average Bonchev–Trinajstić information content (AvgIpc) is 3.62. The smallest absolute Gasteiger partial charge is 0.253 e. The van der Waals surface area contributed by atoms with Crippen LogP contribution in [0.2, 0.25) is 0 Å². The van der Waals surface area contributed by atoms with Crippen molar-refractivity contribution in [3.05, 3.63) is 81.4 Å². The number of H-pyrrole nitrogens is 1. The Labute approximate surface area is 229 Å². The number of aromatic nitrogens is 5. The molecule has 4 aromatic rings. The van der Waals surface area contributed by atoms with Gasteiger partial charge in [-0.15, -0.1) is 5.10 Å². The third-order valence-electron chi connectivity index (χ3n) is 7.39. The zero-order valence-electron chi connectivity index (χ0n) is 23.5. The van der Waals surface area contributed by atoms with Crippen LogP contribution in [0.4, 0.5) is 0 Å². The first kappa shape index (κ1) is 27.0. The lowest BCUT2D eigenvalue weighted by molar-refractivity contribution is 0.0564. The molecule has 0 aliphatic carbocycles. The fourth-order valence-corrected chi connectivity index (χ4v) is 5.31. The summed E-state index contributed by atoms with van der Waals surface area (Å²) in [5.41, 5.74) is 3.21. The minimum absolute atomic E-state index is 0.0657. The maximum absolute atomic E-state index is 13.8. The van der Waals surface area contributed by atoms with Crippen molar-refractivity contribution >= 4 is 10.9 Å². The molecule has 2 unspecified atom stereocenters. The number of aromatic amines is 1. The highest BCUT2D eigenvalue weighted by atomic mass is 16.5. The molecule has 2 aromatic carbocycles. The van der Waals surface area contributed by atoms with Gasteiger partial charge in [-0.05, 0) is 97.3 Å². The van der Waals surface area contributed by atoms with Crippen LogP contribution in [0, 0.1) is 0 Å². The second kappa shape index (κ2) is 11.3. The van der Waals surface area contributed by atoms with Crippen molar-refractivity contribution in [2.45, 2.75) is 71.2 Å². The highest BCUT2D eigenvalue weighted by molar-refractivity contribution is 5.80. The number of pyridine rings is 1. The van der Waals surface area contributed by atoms with E-state index in [0.717, 1.165) is 48.1 Å². The second-order valence-corrected chi connectivity index (χ2v) is 11.3. The number of hydrogen-bond donors (Lipinski definition) is 1.